The van der Waals surface area contributed by atoms with Gasteiger partial charge in [0.2, 0.25) is 11.8 Å². The molecule has 0 spiro atoms. The number of carbonyl (C=O) groups is 2. The van der Waals surface area contributed by atoms with Gasteiger partial charge in [-0.2, -0.15) is 0 Å². The standard InChI is InChI=1S/C22H29N3O4/c1-14-11-20(28-5)21(29-6)12-17(14)13-25(4)15(2)22(27)24-19-9-7-18(8-10-19)23-16(3)26/h7-12,15H,13H2,1-6H3,(H,23,26)(H,24,27). The number of anilines is 2. The number of carbonyl (C=O) groups excluding carboxylic acids is 2. The molecular weight excluding hydrogens is 370 g/mol. The zero-order valence-electron chi connectivity index (χ0n) is 17.8. The van der Waals surface area contributed by atoms with Gasteiger partial charge in [0.25, 0.3) is 0 Å². The van der Waals surface area contributed by atoms with Crippen LogP contribution in [0.2, 0.25) is 0 Å². The van der Waals surface area contributed by atoms with E-state index in [1.54, 1.807) is 38.5 Å². The van der Waals surface area contributed by atoms with Crippen molar-refractivity contribution in [2.75, 3.05) is 31.9 Å². The highest BCUT2D eigenvalue weighted by Gasteiger charge is 2.20. The third-order valence-corrected chi connectivity index (χ3v) is 4.78. The molecule has 0 fully saturated rings. The Kier molecular flexibility index (Phi) is 7.61. The van der Waals surface area contributed by atoms with Crippen LogP contribution in [0.1, 0.15) is 25.0 Å². The van der Waals surface area contributed by atoms with Gasteiger partial charge >= 0.3 is 0 Å². The molecule has 0 bridgehead atoms. The van der Waals surface area contributed by atoms with E-state index in [1.165, 1.54) is 6.92 Å². The maximum absolute atomic E-state index is 12.6. The molecule has 1 unspecified atom stereocenters. The molecule has 0 saturated heterocycles. The summed E-state index contributed by atoms with van der Waals surface area (Å²) in [5, 5.41) is 5.60. The molecule has 0 saturated carbocycles. The molecule has 2 aromatic rings. The van der Waals surface area contributed by atoms with Crippen LogP contribution in [0.15, 0.2) is 36.4 Å². The van der Waals surface area contributed by atoms with Gasteiger partial charge in [-0.25, -0.2) is 0 Å². The minimum atomic E-state index is -0.350. The highest BCUT2D eigenvalue weighted by Crippen LogP contribution is 2.31. The van der Waals surface area contributed by atoms with Crippen molar-refractivity contribution >= 4 is 23.2 Å². The number of hydrogen-bond donors (Lipinski definition) is 2. The Morgan fingerprint density at radius 3 is 2.03 bits per heavy atom. The van der Waals surface area contributed by atoms with E-state index in [0.29, 0.717) is 29.4 Å². The number of benzene rings is 2. The Morgan fingerprint density at radius 1 is 1.00 bits per heavy atom. The Bertz CT molecular complexity index is 865. The van der Waals surface area contributed by atoms with Crippen LogP contribution in [0.5, 0.6) is 11.5 Å². The van der Waals surface area contributed by atoms with E-state index in [2.05, 4.69) is 10.6 Å². The molecule has 2 aromatic carbocycles. The van der Waals surface area contributed by atoms with Gasteiger partial charge in [0.1, 0.15) is 0 Å². The van der Waals surface area contributed by atoms with E-state index in [-0.39, 0.29) is 17.9 Å². The Labute approximate surface area is 172 Å². The summed E-state index contributed by atoms with van der Waals surface area (Å²) in [4.78, 5) is 25.7. The largest absolute Gasteiger partial charge is 0.493 e. The molecule has 0 radical (unpaired) electrons. The molecule has 0 aromatic heterocycles. The summed E-state index contributed by atoms with van der Waals surface area (Å²) in [6.07, 6.45) is 0. The maximum Gasteiger partial charge on any atom is 0.241 e. The molecule has 156 valence electrons. The van der Waals surface area contributed by atoms with Crippen LogP contribution in [0.3, 0.4) is 0 Å². The van der Waals surface area contributed by atoms with Crippen molar-refractivity contribution in [1.29, 1.82) is 0 Å². The lowest BCUT2D eigenvalue weighted by molar-refractivity contribution is -0.120. The molecule has 2 N–H and O–H groups in total. The molecule has 7 heteroatoms. The number of rotatable bonds is 8. The number of nitrogens with one attached hydrogen (secondary N) is 2. The van der Waals surface area contributed by atoms with Crippen LogP contribution >= 0.6 is 0 Å². The normalized spacial score (nSPS) is 11.7. The first kappa shape index (κ1) is 22.2. The van der Waals surface area contributed by atoms with Crippen molar-refractivity contribution in [2.24, 2.45) is 0 Å². The second kappa shape index (κ2) is 9.93. The highest BCUT2D eigenvalue weighted by molar-refractivity contribution is 5.95. The second-order valence-corrected chi connectivity index (χ2v) is 6.97. The summed E-state index contributed by atoms with van der Waals surface area (Å²) in [6, 6.07) is 10.5. The average molecular weight is 399 g/mol. The van der Waals surface area contributed by atoms with Gasteiger partial charge in [0.05, 0.1) is 20.3 Å². The monoisotopic (exact) mass is 399 g/mol. The molecule has 0 aliphatic heterocycles. The summed E-state index contributed by atoms with van der Waals surface area (Å²) in [7, 11) is 5.12. The fraction of sp³-hybridized carbons (Fsp3) is 0.364. The zero-order valence-corrected chi connectivity index (χ0v) is 17.8. The Hall–Kier alpha value is -3.06. The van der Waals surface area contributed by atoms with Gasteiger partial charge in [0.15, 0.2) is 11.5 Å². The fourth-order valence-electron chi connectivity index (χ4n) is 2.89. The van der Waals surface area contributed by atoms with Crippen molar-refractivity contribution in [3.8, 4) is 11.5 Å². The van der Waals surface area contributed by atoms with Crippen LogP contribution in [0.25, 0.3) is 0 Å². The van der Waals surface area contributed by atoms with Gasteiger partial charge in [-0.05, 0) is 68.4 Å². The molecule has 0 heterocycles. The topological polar surface area (TPSA) is 79.9 Å². The van der Waals surface area contributed by atoms with Crippen molar-refractivity contribution in [2.45, 2.75) is 33.4 Å². The second-order valence-electron chi connectivity index (χ2n) is 6.97. The number of aryl methyl sites for hydroxylation is 1. The predicted molar refractivity (Wildman–Crippen MR) is 115 cm³/mol. The molecule has 7 nitrogen and oxygen atoms in total. The smallest absolute Gasteiger partial charge is 0.241 e. The molecule has 2 amide bonds. The Morgan fingerprint density at radius 2 is 1.52 bits per heavy atom. The van der Waals surface area contributed by atoms with Crippen LogP contribution in [-0.2, 0) is 16.1 Å². The Balaban J connectivity index is 2.03. The SMILES string of the molecule is COc1cc(C)c(CN(C)C(C)C(=O)Nc2ccc(NC(C)=O)cc2)cc1OC. The molecule has 0 aliphatic carbocycles. The first-order valence-electron chi connectivity index (χ1n) is 9.35. The van der Waals surface area contributed by atoms with Gasteiger partial charge in [0, 0.05) is 24.8 Å². The fourth-order valence-corrected chi connectivity index (χ4v) is 2.89. The average Bonchev–Trinajstić information content (AvgIpc) is 2.69. The minimum absolute atomic E-state index is 0.113. The van der Waals surface area contributed by atoms with Crippen molar-refractivity contribution < 1.29 is 19.1 Å². The van der Waals surface area contributed by atoms with Gasteiger partial charge in [-0.1, -0.05) is 0 Å². The van der Waals surface area contributed by atoms with E-state index in [1.807, 2.05) is 37.9 Å². The maximum atomic E-state index is 12.6. The van der Waals surface area contributed by atoms with Crippen molar-refractivity contribution in [3.63, 3.8) is 0 Å². The van der Waals surface area contributed by atoms with E-state index in [9.17, 15) is 9.59 Å². The lowest BCUT2D eigenvalue weighted by atomic mass is 10.1. The number of amides is 2. The van der Waals surface area contributed by atoms with Crippen LogP contribution in [-0.4, -0.2) is 44.0 Å². The minimum Gasteiger partial charge on any atom is -0.493 e. The number of ether oxygens (including phenoxy) is 2. The number of methoxy groups -OCH3 is 2. The zero-order chi connectivity index (χ0) is 21.6. The summed E-state index contributed by atoms with van der Waals surface area (Å²) < 4.78 is 10.7. The predicted octanol–water partition coefficient (Wildman–Crippen LogP) is 3.43. The summed E-state index contributed by atoms with van der Waals surface area (Å²) in [6.45, 7) is 5.90. The lowest BCUT2D eigenvalue weighted by Gasteiger charge is -2.25. The number of hydrogen-bond acceptors (Lipinski definition) is 5. The van der Waals surface area contributed by atoms with Gasteiger partial charge in [-0.3, -0.25) is 14.5 Å². The first-order valence-corrected chi connectivity index (χ1v) is 9.35. The lowest BCUT2D eigenvalue weighted by Crippen LogP contribution is -2.39. The highest BCUT2D eigenvalue weighted by atomic mass is 16.5. The van der Waals surface area contributed by atoms with E-state index in [0.717, 1.165) is 11.1 Å². The van der Waals surface area contributed by atoms with E-state index >= 15 is 0 Å². The quantitative estimate of drug-likeness (QED) is 0.711. The summed E-state index contributed by atoms with van der Waals surface area (Å²) in [5.74, 6) is 1.10. The third kappa shape index (κ3) is 5.96. The third-order valence-electron chi connectivity index (χ3n) is 4.78. The summed E-state index contributed by atoms with van der Waals surface area (Å²) >= 11 is 0. The number of likely N-dealkylation sites (N-methyl/N-ethyl adjacent to an activating group) is 1. The number of nitrogens with zero attached hydrogens (tertiary/aromatic N) is 1. The molecule has 0 aliphatic rings. The van der Waals surface area contributed by atoms with Crippen LogP contribution < -0.4 is 20.1 Å². The molecular formula is C22H29N3O4. The van der Waals surface area contributed by atoms with E-state index in [4.69, 9.17) is 9.47 Å². The molecule has 2 rings (SSSR count). The van der Waals surface area contributed by atoms with E-state index < -0.39 is 0 Å². The summed E-state index contributed by atoms with van der Waals surface area (Å²) in [5.41, 5.74) is 3.48. The van der Waals surface area contributed by atoms with Gasteiger partial charge < -0.3 is 20.1 Å². The molecule has 1 atom stereocenters. The van der Waals surface area contributed by atoms with Crippen molar-refractivity contribution in [1.82, 2.24) is 4.90 Å². The van der Waals surface area contributed by atoms with Gasteiger partial charge in [-0.15, -0.1) is 0 Å². The molecule has 29 heavy (non-hydrogen) atoms. The first-order chi connectivity index (χ1) is 13.7. The van der Waals surface area contributed by atoms with Crippen molar-refractivity contribution in [3.05, 3.63) is 47.5 Å². The van der Waals surface area contributed by atoms with Crippen LogP contribution in [0, 0.1) is 6.92 Å². The van der Waals surface area contributed by atoms with Crippen LogP contribution in [0.4, 0.5) is 11.4 Å².